The Morgan fingerprint density at radius 2 is 1.89 bits per heavy atom. The van der Waals surface area contributed by atoms with E-state index >= 15 is 0 Å². The number of carboxylic acid groups (broad SMARTS) is 1. The zero-order chi connectivity index (χ0) is 13.1. The van der Waals surface area contributed by atoms with E-state index in [9.17, 15) is 9.59 Å². The molecule has 6 heteroatoms. The first kappa shape index (κ1) is 16.2. The van der Waals surface area contributed by atoms with Crippen LogP contribution >= 0.6 is 15.9 Å². The van der Waals surface area contributed by atoms with E-state index in [0.29, 0.717) is 6.54 Å². The Bertz CT molecular complexity index is 654. The second-order valence-electron chi connectivity index (χ2n) is 3.78. The molecule has 0 aliphatic rings. The number of halogens is 1. The molecule has 0 fully saturated rings. The Morgan fingerprint density at radius 3 is 2.53 bits per heavy atom. The topological polar surface area (TPSA) is 59.3 Å². The molecule has 0 saturated carbocycles. The van der Waals surface area contributed by atoms with Crippen molar-refractivity contribution < 1.29 is 9.90 Å². The predicted molar refractivity (Wildman–Crippen MR) is 76.7 cm³/mol. The van der Waals surface area contributed by atoms with Gasteiger partial charge in [0.2, 0.25) is 0 Å². The fourth-order valence-corrected chi connectivity index (χ4v) is 2.00. The molecule has 2 rings (SSSR count). The van der Waals surface area contributed by atoms with Gasteiger partial charge in [-0.05, 0) is 17.7 Å². The van der Waals surface area contributed by atoms with Gasteiger partial charge in [0.05, 0.1) is 12.1 Å². The number of pyridine rings is 1. The fourth-order valence-electron chi connectivity index (χ4n) is 1.59. The number of hydrogen-bond acceptors (Lipinski definition) is 2. The molecule has 19 heavy (non-hydrogen) atoms. The average Bonchev–Trinajstić information content (AvgIpc) is 2.34. The van der Waals surface area contributed by atoms with Crippen LogP contribution in [0.25, 0.3) is 0 Å². The maximum Gasteiger partial charge on any atom is 0.337 e. The molecule has 1 aromatic heterocycles. The molecule has 0 bridgehead atoms. The van der Waals surface area contributed by atoms with Gasteiger partial charge in [-0.3, -0.25) is 4.79 Å². The van der Waals surface area contributed by atoms with Crippen LogP contribution in [0.1, 0.15) is 15.9 Å². The van der Waals surface area contributed by atoms with Crippen LogP contribution in [0.3, 0.4) is 0 Å². The van der Waals surface area contributed by atoms with Gasteiger partial charge in [0.1, 0.15) is 0 Å². The van der Waals surface area contributed by atoms with E-state index in [4.69, 9.17) is 5.11 Å². The van der Waals surface area contributed by atoms with Gasteiger partial charge in [-0.25, -0.2) is 4.79 Å². The van der Waals surface area contributed by atoms with Crippen LogP contribution in [0.4, 0.5) is 0 Å². The zero-order valence-corrected chi connectivity index (χ0v) is 13.9. The Labute approximate surface area is 140 Å². The molecule has 0 spiro atoms. The monoisotopic (exact) mass is 330 g/mol. The molecule has 1 N–H and O–H groups in total. The summed E-state index contributed by atoms with van der Waals surface area (Å²) < 4.78 is 2.27. The Kier molecular flexibility index (Phi) is 6.00. The van der Waals surface area contributed by atoms with Crippen LogP contribution in [-0.4, -0.2) is 45.2 Å². The van der Waals surface area contributed by atoms with Crippen molar-refractivity contribution in [2.24, 2.45) is 0 Å². The summed E-state index contributed by atoms with van der Waals surface area (Å²) >= 11 is 3.39. The van der Waals surface area contributed by atoms with Gasteiger partial charge in [-0.15, -0.1) is 0 Å². The molecule has 0 atom stereocenters. The first-order valence-electron chi connectivity index (χ1n) is 5.25. The molecule has 0 amide bonds. The molecular weight excluding hydrogens is 321 g/mol. The maximum atomic E-state index is 11.7. The van der Waals surface area contributed by atoms with Crippen molar-refractivity contribution in [3.05, 3.63) is 68.5 Å². The third-order valence-electron chi connectivity index (χ3n) is 2.53. The fraction of sp³-hybridized carbons (Fsp3) is 0.0769. The Balaban J connectivity index is 0.00000180. The van der Waals surface area contributed by atoms with Crippen molar-refractivity contribution in [2.45, 2.75) is 6.54 Å². The van der Waals surface area contributed by atoms with Crippen LogP contribution in [0.15, 0.2) is 51.9 Å². The van der Waals surface area contributed by atoms with Gasteiger partial charge in [-0.1, -0.05) is 34.1 Å². The Morgan fingerprint density at radius 1 is 1.21 bits per heavy atom. The number of carboxylic acids is 1. The normalized spacial score (nSPS) is 9.74. The van der Waals surface area contributed by atoms with Gasteiger partial charge < -0.3 is 9.67 Å². The van der Waals surface area contributed by atoms with Gasteiger partial charge in [0.15, 0.2) is 0 Å². The molecular formula is C13H10BrNNaO3. The molecule has 4 nitrogen and oxygen atoms in total. The number of hydrogen-bond donors (Lipinski definition) is 1. The van der Waals surface area contributed by atoms with E-state index < -0.39 is 5.97 Å². The van der Waals surface area contributed by atoms with Crippen LogP contribution in [-0.2, 0) is 6.54 Å². The molecule has 2 aromatic rings. The standard InChI is InChI=1S/C13H10BrNO3.Na/c14-11-4-2-1-3-9(11)7-15-8-10(13(17)18)5-6-12(15)16;/h1-6,8H,7H2,(H,17,18);. The molecule has 1 radical (unpaired) electrons. The molecule has 1 heterocycles. The molecule has 0 unspecified atom stereocenters. The van der Waals surface area contributed by atoms with Crippen LogP contribution < -0.4 is 5.56 Å². The number of aromatic carboxylic acids is 1. The zero-order valence-electron chi connectivity index (χ0n) is 10.3. The van der Waals surface area contributed by atoms with Crippen molar-refractivity contribution in [3.8, 4) is 0 Å². The summed E-state index contributed by atoms with van der Waals surface area (Å²) in [5, 5.41) is 8.90. The quantitative estimate of drug-likeness (QED) is 0.875. The van der Waals surface area contributed by atoms with E-state index in [1.165, 1.54) is 22.9 Å². The van der Waals surface area contributed by atoms with Crippen molar-refractivity contribution in [1.82, 2.24) is 4.57 Å². The second kappa shape index (κ2) is 7.05. The van der Waals surface area contributed by atoms with E-state index in [0.717, 1.165) is 10.0 Å². The van der Waals surface area contributed by atoms with Crippen molar-refractivity contribution in [2.75, 3.05) is 0 Å². The van der Waals surface area contributed by atoms with Crippen molar-refractivity contribution >= 4 is 51.5 Å². The van der Waals surface area contributed by atoms with Crippen molar-refractivity contribution in [1.29, 1.82) is 0 Å². The summed E-state index contributed by atoms with van der Waals surface area (Å²) in [5.74, 6) is -1.05. The smallest absolute Gasteiger partial charge is 0.337 e. The minimum Gasteiger partial charge on any atom is -0.478 e. The van der Waals surface area contributed by atoms with Crippen molar-refractivity contribution in [3.63, 3.8) is 0 Å². The van der Waals surface area contributed by atoms with Crippen LogP contribution in [0.5, 0.6) is 0 Å². The molecule has 0 saturated heterocycles. The van der Waals surface area contributed by atoms with E-state index in [1.54, 1.807) is 0 Å². The Hall–Kier alpha value is -0.880. The molecule has 0 aliphatic heterocycles. The summed E-state index contributed by atoms with van der Waals surface area (Å²) in [4.78, 5) is 22.5. The summed E-state index contributed by atoms with van der Waals surface area (Å²) in [7, 11) is 0. The van der Waals surface area contributed by atoms with E-state index in [-0.39, 0.29) is 40.7 Å². The molecule has 93 valence electrons. The van der Waals surface area contributed by atoms with Gasteiger partial charge in [-0.2, -0.15) is 0 Å². The summed E-state index contributed by atoms with van der Waals surface area (Å²) in [6.07, 6.45) is 1.35. The average molecular weight is 331 g/mol. The number of carbonyl (C=O) groups is 1. The van der Waals surface area contributed by atoms with E-state index in [2.05, 4.69) is 15.9 Å². The number of rotatable bonds is 3. The minimum atomic E-state index is -1.05. The van der Waals surface area contributed by atoms with E-state index in [1.807, 2.05) is 24.3 Å². The SMILES string of the molecule is O=C(O)c1ccc(=O)n(Cc2ccccc2Br)c1.[Na]. The minimum absolute atomic E-state index is 0. The summed E-state index contributed by atoms with van der Waals surface area (Å²) in [5.41, 5.74) is 0.791. The first-order valence-corrected chi connectivity index (χ1v) is 6.04. The van der Waals surface area contributed by atoms with Crippen LogP contribution in [0.2, 0.25) is 0 Å². The van der Waals surface area contributed by atoms with Gasteiger partial charge in [0, 0.05) is 46.3 Å². The summed E-state index contributed by atoms with van der Waals surface area (Å²) in [6, 6.07) is 10.1. The number of benzene rings is 1. The second-order valence-corrected chi connectivity index (χ2v) is 4.63. The first-order chi connectivity index (χ1) is 8.58. The number of aromatic nitrogens is 1. The largest absolute Gasteiger partial charge is 0.478 e. The predicted octanol–water partition coefficient (Wildman–Crippen LogP) is 1.98. The van der Waals surface area contributed by atoms with Gasteiger partial charge >= 0.3 is 5.97 Å². The molecule has 0 aliphatic carbocycles. The summed E-state index contributed by atoms with van der Waals surface area (Å²) in [6.45, 7) is 0.335. The third kappa shape index (κ3) is 4.04. The third-order valence-corrected chi connectivity index (χ3v) is 3.30. The number of nitrogens with zero attached hydrogens (tertiary/aromatic N) is 1. The maximum absolute atomic E-state index is 11.7. The van der Waals surface area contributed by atoms with Crippen LogP contribution in [0, 0.1) is 0 Å². The van der Waals surface area contributed by atoms with Gasteiger partial charge in [0.25, 0.3) is 5.56 Å². The molecule has 1 aromatic carbocycles.